The second-order valence-electron chi connectivity index (χ2n) is 2.16. The van der Waals surface area contributed by atoms with Gasteiger partial charge in [0.05, 0.1) is 20.8 Å². The van der Waals surface area contributed by atoms with Crippen molar-refractivity contribution < 1.29 is 19.1 Å². The monoisotopic (exact) mass is 159 g/mol. The van der Waals surface area contributed by atoms with Crippen molar-refractivity contribution in [2.45, 2.75) is 6.04 Å². The van der Waals surface area contributed by atoms with E-state index >= 15 is 0 Å². The highest BCUT2D eigenvalue weighted by molar-refractivity contribution is 5.86. The summed E-state index contributed by atoms with van der Waals surface area (Å²) < 4.78 is 8.79. The molecule has 0 aromatic rings. The molecule has 1 heterocycles. The maximum atomic E-state index is 10.7. The zero-order valence-corrected chi connectivity index (χ0v) is 6.36. The molecule has 0 aromatic carbocycles. The highest BCUT2D eigenvalue weighted by atomic mass is 16.6. The highest BCUT2D eigenvalue weighted by Gasteiger charge is 2.45. The second kappa shape index (κ2) is 2.77. The van der Waals surface area contributed by atoms with Crippen LogP contribution in [0.25, 0.3) is 0 Å². The Morgan fingerprint density at radius 2 is 2.00 bits per heavy atom. The molecule has 0 N–H and O–H groups in total. The van der Waals surface area contributed by atoms with Gasteiger partial charge in [-0.15, -0.1) is 0 Å². The molecule has 1 rings (SSSR count). The Balaban J connectivity index is 2.37. The molecule has 1 aliphatic heterocycles. The molecule has 1 saturated heterocycles. The summed E-state index contributed by atoms with van der Waals surface area (Å²) >= 11 is 0. The van der Waals surface area contributed by atoms with E-state index in [1.54, 1.807) is 0 Å². The van der Waals surface area contributed by atoms with Crippen molar-refractivity contribution in [2.24, 2.45) is 0 Å². The molecule has 0 bridgehead atoms. The number of ether oxygens (including phenoxy) is 2. The zero-order valence-electron chi connectivity index (χ0n) is 6.36. The van der Waals surface area contributed by atoms with Crippen LogP contribution in [0.15, 0.2) is 0 Å². The van der Waals surface area contributed by atoms with E-state index in [4.69, 9.17) is 0 Å². The highest BCUT2D eigenvalue weighted by Crippen LogP contribution is 2.19. The van der Waals surface area contributed by atoms with Gasteiger partial charge in [0.2, 0.25) is 0 Å². The minimum absolute atomic E-state index is 0.393. The number of methoxy groups -OCH3 is 2. The van der Waals surface area contributed by atoms with Crippen LogP contribution >= 0.6 is 0 Å². The summed E-state index contributed by atoms with van der Waals surface area (Å²) in [6.07, 6.45) is -0.486. The van der Waals surface area contributed by atoms with Gasteiger partial charge < -0.3 is 9.47 Å². The van der Waals surface area contributed by atoms with E-state index in [1.807, 2.05) is 0 Å². The van der Waals surface area contributed by atoms with E-state index in [1.165, 1.54) is 19.1 Å². The minimum Gasteiger partial charge on any atom is -0.467 e. The summed E-state index contributed by atoms with van der Waals surface area (Å²) in [5.41, 5.74) is 0. The van der Waals surface area contributed by atoms with Crippen LogP contribution in [0.2, 0.25) is 0 Å². The van der Waals surface area contributed by atoms with Gasteiger partial charge in [-0.05, 0) is 0 Å². The van der Waals surface area contributed by atoms with Crippen molar-refractivity contribution in [3.05, 3.63) is 0 Å². The van der Waals surface area contributed by atoms with Gasteiger partial charge in [-0.3, -0.25) is 4.90 Å². The molecule has 0 spiro atoms. The maximum Gasteiger partial charge on any atom is 0.410 e. The number of rotatable bonds is 1. The molecule has 1 amide bonds. The van der Waals surface area contributed by atoms with E-state index in [9.17, 15) is 9.59 Å². The topological polar surface area (TPSA) is 55.6 Å². The summed E-state index contributed by atoms with van der Waals surface area (Å²) in [4.78, 5) is 22.7. The molecule has 0 aromatic heterocycles. The van der Waals surface area contributed by atoms with Crippen LogP contribution in [-0.4, -0.2) is 43.8 Å². The lowest BCUT2D eigenvalue weighted by Gasteiger charge is -1.99. The predicted molar refractivity (Wildman–Crippen MR) is 34.9 cm³/mol. The third-order valence-electron chi connectivity index (χ3n) is 1.49. The molecule has 1 aliphatic rings. The molecule has 11 heavy (non-hydrogen) atoms. The van der Waals surface area contributed by atoms with Crippen molar-refractivity contribution in [3.63, 3.8) is 0 Å². The van der Waals surface area contributed by atoms with Crippen LogP contribution in [0.5, 0.6) is 0 Å². The van der Waals surface area contributed by atoms with E-state index < -0.39 is 18.1 Å². The molecule has 5 nitrogen and oxygen atoms in total. The van der Waals surface area contributed by atoms with Gasteiger partial charge in [0.15, 0.2) is 6.04 Å². The van der Waals surface area contributed by atoms with Crippen LogP contribution in [0.4, 0.5) is 4.79 Å². The second-order valence-corrected chi connectivity index (χ2v) is 2.16. The number of hydrogen-bond acceptors (Lipinski definition) is 4. The van der Waals surface area contributed by atoms with Crippen LogP contribution in [0.1, 0.15) is 0 Å². The Labute approximate surface area is 63.9 Å². The van der Waals surface area contributed by atoms with Crippen molar-refractivity contribution in [3.8, 4) is 0 Å². The molecule has 62 valence electrons. The van der Waals surface area contributed by atoms with E-state index in [0.717, 1.165) is 0 Å². The average Bonchev–Trinajstić information content (AvgIpc) is 2.80. The Bertz CT molecular complexity index is 171. The van der Waals surface area contributed by atoms with Gasteiger partial charge in [-0.1, -0.05) is 0 Å². The van der Waals surface area contributed by atoms with Gasteiger partial charge in [-0.2, -0.15) is 0 Å². The Morgan fingerprint density at radius 3 is 2.45 bits per heavy atom. The first-order chi connectivity index (χ1) is 5.20. The Hall–Kier alpha value is -1.26. The van der Waals surface area contributed by atoms with E-state index in [2.05, 4.69) is 9.47 Å². The summed E-state index contributed by atoms with van der Waals surface area (Å²) in [6.45, 7) is 0.402. The zero-order chi connectivity index (χ0) is 8.43. The number of esters is 1. The maximum absolute atomic E-state index is 10.7. The van der Waals surface area contributed by atoms with Gasteiger partial charge in [0.25, 0.3) is 0 Å². The molecule has 0 saturated carbocycles. The number of carbonyl (C=O) groups is 2. The molecule has 0 aliphatic carbocycles. The lowest BCUT2D eigenvalue weighted by atomic mass is 10.5. The van der Waals surface area contributed by atoms with E-state index in [-0.39, 0.29) is 0 Å². The summed E-state index contributed by atoms with van der Waals surface area (Å²) in [5.74, 6) is -0.393. The molecule has 0 radical (unpaired) electrons. The van der Waals surface area contributed by atoms with E-state index in [0.29, 0.717) is 6.54 Å². The molecule has 5 heteroatoms. The molecule has 1 atom stereocenters. The first-order valence-electron chi connectivity index (χ1n) is 3.13. The Morgan fingerprint density at radius 1 is 1.36 bits per heavy atom. The normalized spacial score (nSPS) is 20.9. The fourth-order valence-electron chi connectivity index (χ4n) is 0.796. The SMILES string of the molecule is COC(=O)[C@@H]1CN1C(=O)OC. The third kappa shape index (κ3) is 1.42. The largest absolute Gasteiger partial charge is 0.467 e. The lowest BCUT2D eigenvalue weighted by molar-refractivity contribution is -0.140. The van der Waals surface area contributed by atoms with Crippen molar-refractivity contribution >= 4 is 12.1 Å². The standard InChI is InChI=1S/C6H9NO4/c1-10-5(8)4-3-7(4)6(9)11-2/h4H,3H2,1-2H3/t4-,7?/m0/s1. The Kier molecular flexibility index (Phi) is 1.98. The minimum atomic E-state index is -0.486. The number of amides is 1. The summed E-state index contributed by atoms with van der Waals surface area (Å²) in [6, 6.07) is -0.424. The average molecular weight is 159 g/mol. The van der Waals surface area contributed by atoms with Gasteiger partial charge >= 0.3 is 12.1 Å². The van der Waals surface area contributed by atoms with Crippen molar-refractivity contribution in [1.82, 2.24) is 4.90 Å². The van der Waals surface area contributed by atoms with Crippen LogP contribution in [-0.2, 0) is 14.3 Å². The quantitative estimate of drug-likeness (QED) is 0.386. The lowest BCUT2D eigenvalue weighted by Crippen LogP contribution is -2.19. The first-order valence-corrected chi connectivity index (χ1v) is 3.13. The van der Waals surface area contributed by atoms with Gasteiger partial charge in [0, 0.05) is 0 Å². The first kappa shape index (κ1) is 7.84. The fourth-order valence-corrected chi connectivity index (χ4v) is 0.796. The summed E-state index contributed by atoms with van der Waals surface area (Å²) in [5, 5.41) is 0. The van der Waals surface area contributed by atoms with Crippen LogP contribution in [0, 0.1) is 0 Å². The number of carbonyl (C=O) groups excluding carboxylic acids is 2. The van der Waals surface area contributed by atoms with Crippen molar-refractivity contribution in [2.75, 3.05) is 20.8 Å². The van der Waals surface area contributed by atoms with Gasteiger partial charge in [0.1, 0.15) is 0 Å². The van der Waals surface area contributed by atoms with Crippen LogP contribution < -0.4 is 0 Å². The predicted octanol–water partition coefficient (Wildman–Crippen LogP) is -0.390. The third-order valence-corrected chi connectivity index (χ3v) is 1.49. The van der Waals surface area contributed by atoms with Crippen molar-refractivity contribution in [1.29, 1.82) is 0 Å². The number of nitrogens with zero attached hydrogens (tertiary/aromatic N) is 1. The molecular formula is C6H9NO4. The number of hydrogen-bond donors (Lipinski definition) is 0. The smallest absolute Gasteiger partial charge is 0.410 e. The molecular weight excluding hydrogens is 150 g/mol. The van der Waals surface area contributed by atoms with Crippen LogP contribution in [0.3, 0.4) is 0 Å². The van der Waals surface area contributed by atoms with Gasteiger partial charge in [-0.25, -0.2) is 9.59 Å². The fraction of sp³-hybridized carbons (Fsp3) is 0.667. The molecule has 0 unspecified atom stereocenters. The summed E-state index contributed by atoms with van der Waals surface area (Å²) in [7, 11) is 2.56. The molecule has 1 fully saturated rings.